The minimum Gasteiger partial charge on any atom is -0.392 e. The Morgan fingerprint density at radius 1 is 0.824 bits per heavy atom. The molecule has 0 rings (SSSR count). The average molecular weight is 265 g/mol. The van der Waals surface area contributed by atoms with Crippen molar-refractivity contribution in [2.24, 2.45) is 0 Å². The van der Waals surface area contributed by atoms with Gasteiger partial charge in [0.15, 0.2) is 5.06 Å². The second-order valence-corrected chi connectivity index (χ2v) is 5.71. The third-order valence-electron chi connectivity index (χ3n) is 3.16. The molecule has 0 bridgehead atoms. The van der Waals surface area contributed by atoms with Gasteiger partial charge >= 0.3 is 0 Å². The van der Waals surface area contributed by atoms with E-state index in [1.165, 1.54) is 51.4 Å². The summed E-state index contributed by atoms with van der Waals surface area (Å²) < 4.78 is 0. The lowest BCUT2D eigenvalue weighted by molar-refractivity contribution is 0.0487. The SMILES string of the molecule is CCCCCCCCCCCCC(O)(Cl)CO. The van der Waals surface area contributed by atoms with E-state index in [0.717, 1.165) is 12.8 Å². The molecule has 0 aliphatic heterocycles. The molecule has 17 heavy (non-hydrogen) atoms. The maximum atomic E-state index is 9.36. The van der Waals surface area contributed by atoms with Gasteiger partial charge in [0.05, 0.1) is 6.61 Å². The molecule has 0 aliphatic carbocycles. The van der Waals surface area contributed by atoms with E-state index in [0.29, 0.717) is 6.42 Å². The molecule has 0 aromatic heterocycles. The van der Waals surface area contributed by atoms with Gasteiger partial charge in [0.25, 0.3) is 0 Å². The zero-order valence-electron chi connectivity index (χ0n) is 11.3. The van der Waals surface area contributed by atoms with Gasteiger partial charge in [-0.15, -0.1) is 0 Å². The molecule has 0 saturated carbocycles. The largest absolute Gasteiger partial charge is 0.392 e. The van der Waals surface area contributed by atoms with E-state index in [9.17, 15) is 5.11 Å². The highest BCUT2D eigenvalue weighted by Crippen LogP contribution is 2.19. The second kappa shape index (κ2) is 11.3. The van der Waals surface area contributed by atoms with Crippen LogP contribution in [0.2, 0.25) is 0 Å². The van der Waals surface area contributed by atoms with Gasteiger partial charge in [0.2, 0.25) is 0 Å². The first-order valence-corrected chi connectivity index (χ1v) is 7.52. The Morgan fingerprint density at radius 3 is 1.65 bits per heavy atom. The van der Waals surface area contributed by atoms with E-state index in [-0.39, 0.29) is 6.61 Å². The lowest BCUT2D eigenvalue weighted by Gasteiger charge is -2.16. The second-order valence-electron chi connectivity index (χ2n) is 5.01. The van der Waals surface area contributed by atoms with Crippen molar-refractivity contribution in [1.29, 1.82) is 0 Å². The maximum Gasteiger partial charge on any atom is 0.161 e. The maximum absolute atomic E-state index is 9.36. The van der Waals surface area contributed by atoms with E-state index in [1.54, 1.807) is 0 Å². The Bertz CT molecular complexity index is 160. The third kappa shape index (κ3) is 12.5. The highest BCUT2D eigenvalue weighted by atomic mass is 35.5. The van der Waals surface area contributed by atoms with Crippen LogP contribution in [-0.4, -0.2) is 21.9 Å². The van der Waals surface area contributed by atoms with E-state index >= 15 is 0 Å². The predicted octanol–water partition coefficient (Wildman–Crippen LogP) is 4.22. The molecular formula is C14H29ClO2. The first-order valence-electron chi connectivity index (χ1n) is 7.14. The first-order chi connectivity index (χ1) is 8.12. The van der Waals surface area contributed by atoms with Crippen LogP contribution in [0.4, 0.5) is 0 Å². The number of halogens is 1. The quantitative estimate of drug-likeness (QED) is 0.409. The molecule has 0 saturated heterocycles. The molecule has 0 fully saturated rings. The minimum atomic E-state index is -1.39. The summed E-state index contributed by atoms with van der Waals surface area (Å²) in [7, 11) is 0. The summed E-state index contributed by atoms with van der Waals surface area (Å²) in [6.07, 6.45) is 13.1. The van der Waals surface area contributed by atoms with Gasteiger partial charge in [-0.05, 0) is 12.8 Å². The van der Waals surface area contributed by atoms with E-state index in [4.69, 9.17) is 16.7 Å². The standard InChI is InChI=1S/C14H29ClO2/c1-2-3-4-5-6-7-8-9-10-11-12-14(15,17)13-16/h16-17H,2-13H2,1H3. The molecule has 104 valence electrons. The molecule has 0 aromatic carbocycles. The first kappa shape index (κ1) is 17.2. The van der Waals surface area contributed by atoms with Crippen LogP contribution in [0.1, 0.15) is 77.6 Å². The molecular weight excluding hydrogens is 236 g/mol. The van der Waals surface area contributed by atoms with Crippen LogP contribution >= 0.6 is 11.6 Å². The van der Waals surface area contributed by atoms with Crippen LogP contribution < -0.4 is 0 Å². The molecule has 3 heteroatoms. The van der Waals surface area contributed by atoms with Crippen LogP contribution in [-0.2, 0) is 0 Å². The number of aliphatic hydroxyl groups excluding tert-OH is 1. The molecule has 0 amide bonds. The zero-order chi connectivity index (χ0) is 13.0. The van der Waals surface area contributed by atoms with E-state index in [2.05, 4.69) is 6.92 Å². The highest BCUT2D eigenvalue weighted by Gasteiger charge is 2.20. The normalized spacial score (nSPS) is 14.8. The average Bonchev–Trinajstić information content (AvgIpc) is 2.31. The van der Waals surface area contributed by atoms with Gasteiger partial charge in [0.1, 0.15) is 0 Å². The van der Waals surface area contributed by atoms with Crippen LogP contribution in [0.3, 0.4) is 0 Å². The van der Waals surface area contributed by atoms with Crippen molar-refractivity contribution in [3.63, 3.8) is 0 Å². The zero-order valence-corrected chi connectivity index (χ0v) is 12.0. The van der Waals surface area contributed by atoms with E-state index in [1.807, 2.05) is 0 Å². The number of hydrogen-bond acceptors (Lipinski definition) is 2. The summed E-state index contributed by atoms with van der Waals surface area (Å²) >= 11 is 5.64. The smallest absolute Gasteiger partial charge is 0.161 e. The Labute approximate surface area is 111 Å². The summed E-state index contributed by atoms with van der Waals surface area (Å²) in [4.78, 5) is 0. The molecule has 0 heterocycles. The molecule has 1 atom stereocenters. The molecule has 2 nitrogen and oxygen atoms in total. The van der Waals surface area contributed by atoms with Crippen molar-refractivity contribution in [2.75, 3.05) is 6.61 Å². The number of unbranched alkanes of at least 4 members (excludes halogenated alkanes) is 9. The Balaban J connectivity index is 3.09. The third-order valence-corrected chi connectivity index (χ3v) is 3.46. The van der Waals surface area contributed by atoms with Gasteiger partial charge in [0, 0.05) is 0 Å². The Morgan fingerprint density at radius 2 is 1.24 bits per heavy atom. The molecule has 0 radical (unpaired) electrons. The van der Waals surface area contributed by atoms with Gasteiger partial charge in [-0.2, -0.15) is 0 Å². The van der Waals surface area contributed by atoms with Crippen molar-refractivity contribution in [1.82, 2.24) is 0 Å². The minimum absolute atomic E-state index is 0.355. The van der Waals surface area contributed by atoms with Crippen molar-refractivity contribution >= 4 is 11.6 Å². The summed E-state index contributed by atoms with van der Waals surface area (Å²) in [5, 5.41) is 16.7. The topological polar surface area (TPSA) is 40.5 Å². The monoisotopic (exact) mass is 264 g/mol. The van der Waals surface area contributed by atoms with Gasteiger partial charge in [-0.1, -0.05) is 76.3 Å². The van der Waals surface area contributed by atoms with Crippen LogP contribution in [0.5, 0.6) is 0 Å². The van der Waals surface area contributed by atoms with Crippen LogP contribution in [0.15, 0.2) is 0 Å². The number of rotatable bonds is 12. The fraction of sp³-hybridized carbons (Fsp3) is 1.00. The summed E-state index contributed by atoms with van der Waals surface area (Å²) in [5.74, 6) is 0. The van der Waals surface area contributed by atoms with Crippen molar-refractivity contribution in [3.8, 4) is 0 Å². The molecule has 0 spiro atoms. The molecule has 2 N–H and O–H groups in total. The van der Waals surface area contributed by atoms with Gasteiger partial charge < -0.3 is 10.2 Å². The lowest BCUT2D eigenvalue weighted by atomic mass is 10.0. The lowest BCUT2D eigenvalue weighted by Crippen LogP contribution is -2.25. The van der Waals surface area contributed by atoms with Gasteiger partial charge in [-0.3, -0.25) is 0 Å². The van der Waals surface area contributed by atoms with Crippen molar-refractivity contribution < 1.29 is 10.2 Å². The highest BCUT2D eigenvalue weighted by molar-refractivity contribution is 6.22. The number of hydrogen-bond donors (Lipinski definition) is 2. The van der Waals surface area contributed by atoms with Gasteiger partial charge in [-0.25, -0.2) is 0 Å². The number of alkyl halides is 1. The predicted molar refractivity (Wildman–Crippen MR) is 74.3 cm³/mol. The summed E-state index contributed by atoms with van der Waals surface area (Å²) in [6.45, 7) is 1.89. The fourth-order valence-electron chi connectivity index (χ4n) is 1.96. The van der Waals surface area contributed by atoms with Crippen LogP contribution in [0.25, 0.3) is 0 Å². The van der Waals surface area contributed by atoms with E-state index < -0.39 is 5.06 Å². The number of aliphatic hydroxyl groups is 2. The molecule has 0 aliphatic rings. The van der Waals surface area contributed by atoms with Crippen molar-refractivity contribution in [3.05, 3.63) is 0 Å². The molecule has 0 aromatic rings. The van der Waals surface area contributed by atoms with Crippen molar-refractivity contribution in [2.45, 2.75) is 82.6 Å². The summed E-state index contributed by atoms with van der Waals surface area (Å²) in [6, 6.07) is 0. The molecule has 1 unspecified atom stereocenters. The van der Waals surface area contributed by atoms with Crippen LogP contribution in [0, 0.1) is 0 Å². The Kier molecular flexibility index (Phi) is 11.4. The fourth-order valence-corrected chi connectivity index (χ4v) is 2.10. The Hall–Kier alpha value is 0.210. The summed E-state index contributed by atoms with van der Waals surface area (Å²) in [5.41, 5.74) is 0.